The molecular formula is C28H25F2N3O5S. The lowest BCUT2D eigenvalue weighted by Gasteiger charge is -2.12. The molecule has 0 fully saturated rings. The van der Waals surface area contributed by atoms with Crippen molar-refractivity contribution in [2.75, 3.05) is 11.1 Å². The summed E-state index contributed by atoms with van der Waals surface area (Å²) in [6, 6.07) is 10.3. The number of carbonyl (C=O) groups excluding carboxylic acids is 3. The average Bonchev–Trinajstić information content (AvgIpc) is 3.29. The van der Waals surface area contributed by atoms with E-state index in [2.05, 4.69) is 10.3 Å². The third-order valence-electron chi connectivity index (χ3n) is 6.13. The first-order valence-electron chi connectivity index (χ1n) is 12.1. The fraction of sp³-hybridized carbons (Fsp3) is 0.214. The summed E-state index contributed by atoms with van der Waals surface area (Å²) in [5.74, 6) is -5.25. The highest BCUT2D eigenvalue weighted by Gasteiger charge is 2.29. The largest absolute Gasteiger partial charge is 0.369 e. The van der Waals surface area contributed by atoms with Crippen LogP contribution in [0.2, 0.25) is 0 Å². The summed E-state index contributed by atoms with van der Waals surface area (Å²) >= 11 is 0. The molecule has 4 rings (SSSR count). The first kappa shape index (κ1) is 27.8. The molecule has 2 amide bonds. The van der Waals surface area contributed by atoms with Crippen molar-refractivity contribution in [3.8, 4) is 11.1 Å². The Morgan fingerprint density at radius 1 is 1.05 bits per heavy atom. The number of fused-ring (bicyclic) bond motifs is 1. The Balaban J connectivity index is 1.61. The lowest BCUT2D eigenvalue weighted by molar-refractivity contribution is -0.124. The number of Topliss-reactive ketones (excluding diaryl/α,β-unsaturated/α-hetero) is 1. The van der Waals surface area contributed by atoms with Crippen molar-refractivity contribution in [3.05, 3.63) is 88.8 Å². The lowest BCUT2D eigenvalue weighted by atomic mass is 9.95. The molecule has 0 bridgehead atoms. The van der Waals surface area contributed by atoms with Crippen LogP contribution in [0.4, 0.5) is 14.5 Å². The lowest BCUT2D eigenvalue weighted by Crippen LogP contribution is -2.21. The van der Waals surface area contributed by atoms with Crippen LogP contribution in [0.1, 0.15) is 46.9 Å². The monoisotopic (exact) mass is 553 g/mol. The maximum absolute atomic E-state index is 15.3. The van der Waals surface area contributed by atoms with E-state index in [-0.39, 0.29) is 23.3 Å². The molecule has 0 saturated carbocycles. The minimum Gasteiger partial charge on any atom is -0.369 e. The van der Waals surface area contributed by atoms with Gasteiger partial charge in [0.25, 0.3) is 0 Å². The number of hydrogen-bond donors (Lipinski definition) is 2. The van der Waals surface area contributed by atoms with Gasteiger partial charge in [0.2, 0.25) is 11.8 Å². The van der Waals surface area contributed by atoms with Crippen LogP contribution < -0.4 is 11.1 Å². The maximum Gasteiger partial charge on any atom is 0.233 e. The summed E-state index contributed by atoms with van der Waals surface area (Å²) in [5, 5.41) is 2.55. The van der Waals surface area contributed by atoms with Crippen LogP contribution in [0.15, 0.2) is 54.7 Å². The Morgan fingerprint density at radius 2 is 1.77 bits per heavy atom. The molecule has 3 aromatic rings. The predicted octanol–water partition coefficient (Wildman–Crippen LogP) is 3.99. The highest BCUT2D eigenvalue weighted by molar-refractivity contribution is 7.90. The van der Waals surface area contributed by atoms with Crippen molar-refractivity contribution >= 4 is 38.7 Å². The van der Waals surface area contributed by atoms with Crippen LogP contribution in [-0.4, -0.2) is 36.8 Å². The molecule has 1 heterocycles. The fourth-order valence-corrected chi connectivity index (χ4v) is 5.81. The second-order valence-electron chi connectivity index (χ2n) is 9.13. The van der Waals surface area contributed by atoms with Crippen LogP contribution in [0.25, 0.3) is 16.7 Å². The second kappa shape index (κ2) is 11.2. The van der Waals surface area contributed by atoms with Crippen LogP contribution in [0, 0.1) is 11.6 Å². The summed E-state index contributed by atoms with van der Waals surface area (Å²) in [6.45, 7) is 1.68. The number of sulfone groups is 1. The van der Waals surface area contributed by atoms with E-state index in [1.54, 1.807) is 49.5 Å². The fourth-order valence-electron chi connectivity index (χ4n) is 4.35. The normalized spacial score (nSPS) is 12.5. The zero-order valence-corrected chi connectivity index (χ0v) is 21.8. The summed E-state index contributed by atoms with van der Waals surface area (Å²) in [7, 11) is -3.62. The van der Waals surface area contributed by atoms with E-state index in [1.807, 2.05) is 0 Å². The zero-order chi connectivity index (χ0) is 28.3. The number of rotatable bonds is 10. The Hall–Kier alpha value is -4.25. The molecule has 39 heavy (non-hydrogen) atoms. The molecule has 11 heteroatoms. The van der Waals surface area contributed by atoms with Gasteiger partial charge in [-0.1, -0.05) is 31.2 Å². The summed E-state index contributed by atoms with van der Waals surface area (Å²) in [4.78, 5) is 40.4. The number of carbonyl (C=O) groups is 3. The van der Waals surface area contributed by atoms with E-state index in [4.69, 9.17) is 5.73 Å². The number of amides is 2. The first-order chi connectivity index (χ1) is 18.5. The van der Waals surface area contributed by atoms with Gasteiger partial charge in [-0.2, -0.15) is 0 Å². The van der Waals surface area contributed by atoms with Gasteiger partial charge in [0.15, 0.2) is 15.6 Å². The third-order valence-corrected chi connectivity index (χ3v) is 7.91. The maximum atomic E-state index is 15.3. The molecule has 202 valence electrons. The number of primary amides is 1. The van der Waals surface area contributed by atoms with Crippen molar-refractivity contribution in [1.82, 2.24) is 4.98 Å². The summed E-state index contributed by atoms with van der Waals surface area (Å²) in [5.41, 5.74) is 6.75. The smallest absolute Gasteiger partial charge is 0.233 e. The van der Waals surface area contributed by atoms with Gasteiger partial charge >= 0.3 is 0 Å². The van der Waals surface area contributed by atoms with Crippen molar-refractivity contribution in [1.29, 1.82) is 0 Å². The Labute approximate surface area is 223 Å². The van der Waals surface area contributed by atoms with Crippen molar-refractivity contribution in [3.63, 3.8) is 0 Å². The number of nitrogens with one attached hydrogen (secondary N) is 1. The Bertz CT molecular complexity index is 1620. The van der Waals surface area contributed by atoms with E-state index < -0.39 is 56.8 Å². The van der Waals surface area contributed by atoms with Gasteiger partial charge in [0.05, 0.1) is 22.8 Å². The zero-order valence-electron chi connectivity index (χ0n) is 21.0. The molecule has 8 nitrogen and oxygen atoms in total. The van der Waals surface area contributed by atoms with E-state index in [0.29, 0.717) is 34.5 Å². The van der Waals surface area contributed by atoms with E-state index >= 15 is 4.39 Å². The van der Waals surface area contributed by atoms with Crippen LogP contribution in [0.5, 0.6) is 0 Å². The molecule has 0 spiro atoms. The van der Waals surface area contributed by atoms with Gasteiger partial charge in [0.1, 0.15) is 18.1 Å². The quantitative estimate of drug-likeness (QED) is 0.288. The minimum atomic E-state index is -3.62. The van der Waals surface area contributed by atoms with Crippen molar-refractivity contribution in [2.45, 2.75) is 31.9 Å². The number of nitrogens with two attached hydrogens (primary N) is 1. The molecule has 3 N–H and O–H groups in total. The standard InChI is InChI=1S/C28H25F2N3O5S/c1-2-11-39(37,38)15-17-5-9-22(29)26(27(17)30)28(36)20-8-10-23-21(20)12-18(14-32-23)16-3-6-19(7-4-16)33-25(35)13-24(31)34/h3-9,12,14H,2,10-11,13,15H2,1H3,(H2,31,34)(H,33,35). The molecule has 1 aliphatic rings. The predicted molar refractivity (Wildman–Crippen MR) is 142 cm³/mol. The number of anilines is 1. The van der Waals surface area contributed by atoms with Gasteiger partial charge in [0, 0.05) is 40.6 Å². The molecule has 0 aliphatic heterocycles. The number of hydrogen-bond acceptors (Lipinski definition) is 6. The summed E-state index contributed by atoms with van der Waals surface area (Å²) in [6.07, 6.45) is 3.33. The molecule has 0 atom stereocenters. The molecular weight excluding hydrogens is 528 g/mol. The molecule has 1 aromatic heterocycles. The van der Waals surface area contributed by atoms with Gasteiger partial charge < -0.3 is 11.1 Å². The van der Waals surface area contributed by atoms with Crippen LogP contribution >= 0.6 is 0 Å². The second-order valence-corrected chi connectivity index (χ2v) is 11.3. The van der Waals surface area contributed by atoms with Crippen LogP contribution in [0.3, 0.4) is 0 Å². The van der Waals surface area contributed by atoms with E-state index in [9.17, 15) is 27.2 Å². The molecule has 0 unspecified atom stereocenters. The number of halogens is 2. The SMILES string of the molecule is CCCS(=O)(=O)Cc1ccc(F)c(C(=O)C2=CCc3ncc(-c4ccc(NC(=O)CC(N)=O)cc4)cc32)c1F. The van der Waals surface area contributed by atoms with Crippen LogP contribution in [-0.2, 0) is 31.6 Å². The van der Waals surface area contributed by atoms with Crippen molar-refractivity contribution in [2.24, 2.45) is 5.73 Å². The van der Waals surface area contributed by atoms with Gasteiger partial charge in [-0.15, -0.1) is 0 Å². The number of pyridine rings is 1. The number of allylic oxidation sites excluding steroid dienone is 2. The molecule has 0 saturated heterocycles. The topological polar surface area (TPSA) is 136 Å². The highest BCUT2D eigenvalue weighted by atomic mass is 32.2. The highest BCUT2D eigenvalue weighted by Crippen LogP contribution is 2.34. The minimum absolute atomic E-state index is 0.0704. The van der Waals surface area contributed by atoms with Gasteiger partial charge in [-0.3, -0.25) is 19.4 Å². The summed E-state index contributed by atoms with van der Waals surface area (Å²) < 4.78 is 54.5. The van der Waals surface area contributed by atoms with Gasteiger partial charge in [-0.25, -0.2) is 17.2 Å². The Morgan fingerprint density at radius 3 is 2.44 bits per heavy atom. The number of aromatic nitrogens is 1. The van der Waals surface area contributed by atoms with E-state index in [1.165, 1.54) is 0 Å². The third kappa shape index (κ3) is 6.26. The number of ketones is 1. The van der Waals surface area contributed by atoms with Gasteiger partial charge in [-0.05, 0) is 36.2 Å². The Kier molecular flexibility index (Phi) is 8.01. The van der Waals surface area contributed by atoms with E-state index in [0.717, 1.165) is 12.1 Å². The molecule has 0 radical (unpaired) electrons. The van der Waals surface area contributed by atoms with Crippen molar-refractivity contribution < 1.29 is 31.6 Å². The average molecular weight is 554 g/mol. The molecule has 1 aliphatic carbocycles. The molecule has 2 aromatic carbocycles. The first-order valence-corrected chi connectivity index (χ1v) is 13.9. The number of benzene rings is 2. The number of nitrogens with zero attached hydrogens (tertiary/aromatic N) is 1.